The van der Waals surface area contributed by atoms with E-state index in [1.54, 1.807) is 0 Å². The van der Waals surface area contributed by atoms with E-state index in [4.69, 9.17) is 18.5 Å². The first kappa shape index (κ1) is 44.0. The van der Waals surface area contributed by atoms with Crippen LogP contribution in [0.15, 0.2) is 0 Å². The van der Waals surface area contributed by atoms with Crippen LogP contribution in [0, 0.1) is 0 Å². The first-order valence-corrected chi connectivity index (χ1v) is 19.8. The number of hydrogen-bond donors (Lipinski definition) is 1. The lowest BCUT2D eigenvalue weighted by Gasteiger charge is -2.24. The van der Waals surface area contributed by atoms with Crippen LogP contribution in [0.25, 0.3) is 0 Å². The molecule has 0 heterocycles. The van der Waals surface area contributed by atoms with Crippen LogP contribution in [0.1, 0.15) is 162 Å². The molecule has 0 radical (unpaired) electrons. The molecule has 45 heavy (non-hydrogen) atoms. The summed E-state index contributed by atoms with van der Waals surface area (Å²) in [6.45, 7) is 4.38. The van der Waals surface area contributed by atoms with Gasteiger partial charge < -0.3 is 18.9 Å². The molecule has 0 saturated heterocycles. The molecule has 0 rings (SSSR count). The van der Waals surface area contributed by atoms with Gasteiger partial charge in [0.1, 0.15) is 19.8 Å². The minimum Gasteiger partial charge on any atom is -0.462 e. The first-order chi connectivity index (χ1) is 21.5. The Labute approximate surface area is 276 Å². The number of phosphoric acid groups is 1. The van der Waals surface area contributed by atoms with Crippen LogP contribution >= 0.6 is 7.82 Å². The van der Waals surface area contributed by atoms with E-state index in [1.807, 2.05) is 21.1 Å². The van der Waals surface area contributed by atoms with Crippen LogP contribution in [0.3, 0.4) is 0 Å². The van der Waals surface area contributed by atoms with E-state index in [2.05, 4.69) is 13.8 Å². The second-order valence-corrected chi connectivity index (χ2v) is 15.1. The Balaban J connectivity index is 4.40. The highest BCUT2D eigenvalue weighted by Gasteiger charge is 2.27. The molecule has 0 aromatic carbocycles. The number of quaternary nitrogens is 1. The number of nitrogens with zero attached hydrogens (tertiary/aromatic N) is 1. The molecule has 0 aromatic rings. The van der Waals surface area contributed by atoms with E-state index >= 15 is 0 Å². The molecule has 1 N–H and O–H groups in total. The number of carbonyl (C=O) groups excluding carboxylic acids is 2. The average Bonchev–Trinajstić information content (AvgIpc) is 2.97. The minimum absolute atomic E-state index is 0.0360. The van der Waals surface area contributed by atoms with Gasteiger partial charge in [-0.15, -0.1) is 0 Å². The van der Waals surface area contributed by atoms with Crippen molar-refractivity contribution in [2.45, 2.75) is 168 Å². The Morgan fingerprint density at radius 1 is 0.600 bits per heavy atom. The third kappa shape index (κ3) is 32.7. The molecule has 0 aromatic heterocycles. The van der Waals surface area contributed by atoms with Gasteiger partial charge in [-0.3, -0.25) is 18.6 Å². The molecule has 0 aliphatic rings. The second-order valence-electron chi connectivity index (χ2n) is 13.6. The topological polar surface area (TPSA) is 108 Å². The van der Waals surface area contributed by atoms with Gasteiger partial charge in [-0.2, -0.15) is 0 Å². The van der Waals surface area contributed by atoms with Gasteiger partial charge in [-0.1, -0.05) is 136 Å². The maximum absolute atomic E-state index is 12.5. The molecule has 10 heteroatoms. The molecular formula is C35H71NO8P+. The van der Waals surface area contributed by atoms with E-state index < -0.39 is 26.5 Å². The van der Waals surface area contributed by atoms with Gasteiger partial charge in [0.2, 0.25) is 0 Å². The summed E-state index contributed by atoms with van der Waals surface area (Å²) < 4.78 is 34.0. The maximum Gasteiger partial charge on any atom is 0.472 e. The summed E-state index contributed by atoms with van der Waals surface area (Å²) in [6.07, 6.45) is 24.4. The Morgan fingerprint density at radius 3 is 1.42 bits per heavy atom. The lowest BCUT2D eigenvalue weighted by molar-refractivity contribution is -0.870. The van der Waals surface area contributed by atoms with Crippen molar-refractivity contribution in [2.24, 2.45) is 0 Å². The molecule has 9 nitrogen and oxygen atoms in total. The summed E-state index contributed by atoms with van der Waals surface area (Å²) in [7, 11) is 1.48. The predicted octanol–water partition coefficient (Wildman–Crippen LogP) is 9.29. The molecule has 0 aliphatic heterocycles. The highest BCUT2D eigenvalue weighted by Crippen LogP contribution is 2.43. The van der Waals surface area contributed by atoms with Crippen LogP contribution in [0.2, 0.25) is 0 Å². The normalized spacial score (nSPS) is 13.8. The number of esters is 2. The number of hydrogen-bond acceptors (Lipinski definition) is 7. The number of rotatable bonds is 33. The monoisotopic (exact) mass is 664 g/mol. The van der Waals surface area contributed by atoms with E-state index in [1.165, 1.54) is 96.3 Å². The van der Waals surface area contributed by atoms with Crippen LogP contribution < -0.4 is 0 Å². The number of unbranched alkanes of at least 4 members (excludes halogenated alkanes) is 19. The van der Waals surface area contributed by atoms with Crippen molar-refractivity contribution in [3.05, 3.63) is 0 Å². The molecule has 268 valence electrons. The van der Waals surface area contributed by atoms with Gasteiger partial charge in [-0.05, 0) is 12.8 Å². The van der Waals surface area contributed by atoms with E-state index in [-0.39, 0.29) is 25.6 Å². The summed E-state index contributed by atoms with van der Waals surface area (Å²) in [5.41, 5.74) is 0. The molecule has 1 unspecified atom stereocenters. The smallest absolute Gasteiger partial charge is 0.462 e. The Morgan fingerprint density at radius 2 is 1.00 bits per heavy atom. The van der Waals surface area contributed by atoms with Crippen LogP contribution in [0.5, 0.6) is 0 Å². The third-order valence-corrected chi connectivity index (χ3v) is 8.87. The van der Waals surface area contributed by atoms with Crippen LogP contribution in [-0.4, -0.2) is 74.9 Å². The molecule has 0 amide bonds. The van der Waals surface area contributed by atoms with Crippen molar-refractivity contribution >= 4 is 19.8 Å². The first-order valence-electron chi connectivity index (χ1n) is 18.3. The Hall–Kier alpha value is -0.990. The van der Waals surface area contributed by atoms with E-state index in [0.717, 1.165) is 32.1 Å². The average molecular weight is 665 g/mol. The molecule has 0 saturated carbocycles. The second kappa shape index (κ2) is 29.2. The Kier molecular flexibility index (Phi) is 28.5. The summed E-state index contributed by atoms with van der Waals surface area (Å²) in [5, 5.41) is 0. The van der Waals surface area contributed by atoms with Crippen molar-refractivity contribution in [1.29, 1.82) is 0 Å². The molecule has 0 spiro atoms. The zero-order valence-corrected chi connectivity index (χ0v) is 30.8. The molecule has 0 aliphatic carbocycles. The summed E-state index contributed by atoms with van der Waals surface area (Å²) in [5.74, 6) is -0.797. The van der Waals surface area contributed by atoms with Crippen molar-refractivity contribution in [3.8, 4) is 0 Å². The number of likely N-dealkylation sites (N-methyl/N-ethyl adjacent to an activating group) is 1. The van der Waals surface area contributed by atoms with Crippen LogP contribution in [-0.2, 0) is 32.7 Å². The Bertz CT molecular complexity index is 758. The van der Waals surface area contributed by atoms with Crippen molar-refractivity contribution in [3.63, 3.8) is 0 Å². The maximum atomic E-state index is 12.5. The highest BCUT2D eigenvalue weighted by molar-refractivity contribution is 7.47. The molecule has 0 bridgehead atoms. The van der Waals surface area contributed by atoms with Gasteiger partial charge in [0.15, 0.2) is 6.10 Å². The fraction of sp³-hybridized carbons (Fsp3) is 0.943. The summed E-state index contributed by atoms with van der Waals surface area (Å²) in [4.78, 5) is 35.0. The number of ether oxygens (including phenoxy) is 2. The summed E-state index contributed by atoms with van der Waals surface area (Å²) in [6, 6.07) is 0. The lowest BCUT2D eigenvalue weighted by atomic mass is 10.0. The largest absolute Gasteiger partial charge is 0.472 e. The number of carbonyl (C=O) groups is 2. The standard InChI is InChI=1S/C35H70NO8P/c1-6-8-10-12-14-16-17-18-19-20-22-23-25-27-34(37)41-31-33(32-43-45(39,40)42-30-29-36(3,4)5)44-35(38)28-26-24-21-15-13-11-9-7-2/h33H,6-32H2,1-5H3/p+1/t33-/m0/s1. The van der Waals surface area contributed by atoms with Crippen molar-refractivity contribution < 1.29 is 42.1 Å². The van der Waals surface area contributed by atoms with Gasteiger partial charge in [-0.25, -0.2) is 4.57 Å². The fourth-order valence-corrected chi connectivity index (χ4v) is 5.70. The zero-order valence-electron chi connectivity index (χ0n) is 29.9. The quantitative estimate of drug-likeness (QED) is 0.0320. The molecular weight excluding hydrogens is 593 g/mol. The van der Waals surface area contributed by atoms with Crippen molar-refractivity contribution in [1.82, 2.24) is 0 Å². The van der Waals surface area contributed by atoms with Crippen molar-refractivity contribution in [2.75, 3.05) is 47.5 Å². The highest BCUT2D eigenvalue weighted by atomic mass is 31.2. The fourth-order valence-electron chi connectivity index (χ4n) is 4.95. The minimum atomic E-state index is -4.35. The van der Waals surface area contributed by atoms with Crippen LogP contribution in [0.4, 0.5) is 0 Å². The molecule has 0 fully saturated rings. The van der Waals surface area contributed by atoms with Gasteiger partial charge in [0, 0.05) is 12.8 Å². The van der Waals surface area contributed by atoms with E-state index in [9.17, 15) is 19.0 Å². The lowest BCUT2D eigenvalue weighted by Crippen LogP contribution is -2.37. The molecule has 2 atom stereocenters. The summed E-state index contributed by atoms with van der Waals surface area (Å²) >= 11 is 0. The zero-order chi connectivity index (χ0) is 33.7. The third-order valence-electron chi connectivity index (χ3n) is 7.89. The van der Waals surface area contributed by atoms with Gasteiger partial charge in [0.05, 0.1) is 27.7 Å². The SMILES string of the molecule is CCCCCCCCCCCCCCCC(=O)OC[C@@H](COP(=O)(O)OCC[N+](C)(C)C)OC(=O)CCCCCCCCCC. The number of phosphoric ester groups is 1. The van der Waals surface area contributed by atoms with E-state index in [0.29, 0.717) is 23.9 Å². The van der Waals surface area contributed by atoms with Gasteiger partial charge >= 0.3 is 19.8 Å². The van der Waals surface area contributed by atoms with Gasteiger partial charge in [0.25, 0.3) is 0 Å². The predicted molar refractivity (Wildman–Crippen MR) is 183 cm³/mol.